The molecule has 0 amide bonds. The average Bonchev–Trinajstić information content (AvgIpc) is 2.49. The van der Waals surface area contributed by atoms with Crippen LogP contribution in [-0.2, 0) is 0 Å². The first-order valence-corrected chi connectivity index (χ1v) is 7.52. The molecule has 0 aliphatic carbocycles. The molecule has 0 unspecified atom stereocenters. The summed E-state index contributed by atoms with van der Waals surface area (Å²) in [6.45, 7) is 2.05. The molecule has 0 aliphatic heterocycles. The Labute approximate surface area is 122 Å². The number of hydrogen-bond acceptors (Lipinski definition) is 4. The summed E-state index contributed by atoms with van der Waals surface area (Å²) in [5.41, 5.74) is 2.05. The van der Waals surface area contributed by atoms with Crippen LogP contribution in [0.1, 0.15) is 5.56 Å². The summed E-state index contributed by atoms with van der Waals surface area (Å²) in [5, 5.41) is 0.932. The van der Waals surface area contributed by atoms with E-state index in [0.29, 0.717) is 5.88 Å². The van der Waals surface area contributed by atoms with Crippen LogP contribution in [-0.4, -0.2) is 16.2 Å². The molecular weight excluding hydrogens is 268 g/mol. The van der Waals surface area contributed by atoms with Gasteiger partial charge in [-0.25, -0.2) is 9.97 Å². The number of hydrogen-bond donors (Lipinski definition) is 0. The fourth-order valence-corrected chi connectivity index (χ4v) is 2.39. The van der Waals surface area contributed by atoms with Crippen molar-refractivity contribution in [1.29, 1.82) is 0 Å². The molecule has 0 radical (unpaired) electrons. The van der Waals surface area contributed by atoms with E-state index >= 15 is 0 Å². The first-order valence-electron chi connectivity index (χ1n) is 6.29. The first kappa shape index (κ1) is 12.9. The molecule has 1 heterocycles. The first-order chi connectivity index (χ1) is 9.76. The largest absolute Gasteiger partial charge is 0.438 e. The Hall–Kier alpha value is -2.07. The Morgan fingerprint density at radius 2 is 1.80 bits per heavy atom. The van der Waals surface area contributed by atoms with Gasteiger partial charge < -0.3 is 4.74 Å². The highest BCUT2D eigenvalue weighted by Gasteiger charge is 2.06. The van der Waals surface area contributed by atoms with Crippen molar-refractivity contribution >= 4 is 22.7 Å². The van der Waals surface area contributed by atoms with Crippen molar-refractivity contribution in [1.82, 2.24) is 9.97 Å². The predicted molar refractivity (Wildman–Crippen MR) is 82.6 cm³/mol. The van der Waals surface area contributed by atoms with Crippen LogP contribution in [0.15, 0.2) is 53.7 Å². The van der Waals surface area contributed by atoms with Gasteiger partial charge in [0.15, 0.2) is 0 Å². The fraction of sp³-hybridized carbons (Fsp3) is 0.125. The summed E-state index contributed by atoms with van der Waals surface area (Å²) < 4.78 is 5.89. The third-order valence-corrected chi connectivity index (χ3v) is 3.77. The number of ether oxygens (including phenoxy) is 1. The van der Waals surface area contributed by atoms with E-state index in [1.807, 2.05) is 49.4 Å². The van der Waals surface area contributed by atoms with Crippen LogP contribution in [0.2, 0.25) is 0 Å². The zero-order valence-corrected chi connectivity index (χ0v) is 12.1. The zero-order chi connectivity index (χ0) is 13.9. The van der Waals surface area contributed by atoms with Crippen LogP contribution < -0.4 is 4.74 Å². The van der Waals surface area contributed by atoms with Crippen LogP contribution in [0.4, 0.5) is 0 Å². The summed E-state index contributed by atoms with van der Waals surface area (Å²) in [5.74, 6) is 1.37. The highest BCUT2D eigenvalue weighted by molar-refractivity contribution is 7.98. The molecule has 0 saturated heterocycles. The second-order valence-electron chi connectivity index (χ2n) is 4.48. The Kier molecular flexibility index (Phi) is 3.56. The predicted octanol–water partition coefficient (Wildman–Crippen LogP) is 4.45. The van der Waals surface area contributed by atoms with Crippen LogP contribution in [0.3, 0.4) is 0 Å². The molecular formula is C16H14N2OS. The summed E-state index contributed by atoms with van der Waals surface area (Å²) >= 11 is 1.71. The van der Waals surface area contributed by atoms with Gasteiger partial charge in [0.2, 0.25) is 5.88 Å². The smallest absolute Gasteiger partial charge is 0.230 e. The van der Waals surface area contributed by atoms with E-state index in [-0.39, 0.29) is 0 Å². The van der Waals surface area contributed by atoms with Gasteiger partial charge >= 0.3 is 0 Å². The lowest BCUT2D eigenvalue weighted by Crippen LogP contribution is -1.91. The van der Waals surface area contributed by atoms with E-state index in [2.05, 4.69) is 16.2 Å². The van der Waals surface area contributed by atoms with Crippen LogP contribution in [0, 0.1) is 6.92 Å². The van der Waals surface area contributed by atoms with E-state index in [4.69, 9.17) is 4.74 Å². The quantitative estimate of drug-likeness (QED) is 0.665. The maximum absolute atomic E-state index is 5.89. The summed E-state index contributed by atoms with van der Waals surface area (Å²) in [6, 6.07) is 14.0. The van der Waals surface area contributed by atoms with E-state index in [1.54, 1.807) is 11.8 Å². The molecule has 0 bridgehead atoms. The second-order valence-corrected chi connectivity index (χ2v) is 5.36. The van der Waals surface area contributed by atoms with E-state index < -0.39 is 0 Å². The Morgan fingerprint density at radius 1 is 1.00 bits per heavy atom. The molecule has 20 heavy (non-hydrogen) atoms. The average molecular weight is 282 g/mol. The van der Waals surface area contributed by atoms with Gasteiger partial charge in [0, 0.05) is 4.90 Å². The fourth-order valence-electron chi connectivity index (χ4n) is 1.98. The van der Waals surface area contributed by atoms with E-state index in [0.717, 1.165) is 22.2 Å². The van der Waals surface area contributed by atoms with E-state index in [9.17, 15) is 0 Å². The zero-order valence-electron chi connectivity index (χ0n) is 11.3. The number of aromatic nitrogens is 2. The van der Waals surface area contributed by atoms with Crippen LogP contribution in [0.25, 0.3) is 10.9 Å². The monoisotopic (exact) mass is 282 g/mol. The molecule has 3 rings (SSSR count). The van der Waals surface area contributed by atoms with Crippen molar-refractivity contribution in [2.45, 2.75) is 11.8 Å². The number of benzene rings is 2. The topological polar surface area (TPSA) is 35.0 Å². The van der Waals surface area contributed by atoms with Crippen molar-refractivity contribution < 1.29 is 4.74 Å². The Bertz CT molecular complexity index is 741. The van der Waals surface area contributed by atoms with Gasteiger partial charge in [-0.15, -0.1) is 11.8 Å². The number of nitrogens with zero attached hydrogens (tertiary/aromatic N) is 2. The standard InChI is InChI=1S/C16H14N2OS/c1-11-3-8-15-14(9-11)16(18-10-17-15)19-12-4-6-13(20-2)7-5-12/h3-10H,1-2H3. The highest BCUT2D eigenvalue weighted by Crippen LogP contribution is 2.28. The summed E-state index contributed by atoms with van der Waals surface area (Å²) in [4.78, 5) is 9.71. The van der Waals surface area contributed by atoms with Gasteiger partial charge in [-0.2, -0.15) is 0 Å². The van der Waals surface area contributed by atoms with Gasteiger partial charge in [-0.3, -0.25) is 0 Å². The minimum atomic E-state index is 0.593. The minimum absolute atomic E-state index is 0.593. The van der Waals surface area contributed by atoms with Crippen molar-refractivity contribution in [3.05, 3.63) is 54.4 Å². The van der Waals surface area contributed by atoms with Gasteiger partial charge in [0.25, 0.3) is 0 Å². The van der Waals surface area contributed by atoms with Crippen molar-refractivity contribution in [2.75, 3.05) is 6.26 Å². The number of aryl methyl sites for hydroxylation is 1. The van der Waals surface area contributed by atoms with Crippen molar-refractivity contribution in [3.8, 4) is 11.6 Å². The van der Waals surface area contributed by atoms with Gasteiger partial charge in [-0.05, 0) is 49.6 Å². The Balaban J connectivity index is 1.99. The lowest BCUT2D eigenvalue weighted by Gasteiger charge is -2.08. The molecule has 0 spiro atoms. The molecule has 2 aromatic carbocycles. The normalized spacial score (nSPS) is 10.7. The molecule has 0 atom stereocenters. The lowest BCUT2D eigenvalue weighted by molar-refractivity contribution is 0.468. The molecule has 100 valence electrons. The SMILES string of the molecule is CSc1ccc(Oc2ncnc3ccc(C)cc23)cc1. The van der Waals surface area contributed by atoms with Gasteiger partial charge in [-0.1, -0.05) is 11.6 Å². The molecule has 0 N–H and O–H groups in total. The molecule has 3 nitrogen and oxygen atoms in total. The summed E-state index contributed by atoms with van der Waals surface area (Å²) in [6.07, 6.45) is 3.58. The van der Waals surface area contributed by atoms with Crippen LogP contribution in [0.5, 0.6) is 11.6 Å². The molecule has 0 aliphatic rings. The minimum Gasteiger partial charge on any atom is -0.438 e. The number of thioether (sulfide) groups is 1. The maximum Gasteiger partial charge on any atom is 0.230 e. The van der Waals surface area contributed by atoms with Crippen LogP contribution >= 0.6 is 11.8 Å². The van der Waals surface area contributed by atoms with E-state index in [1.165, 1.54) is 11.2 Å². The lowest BCUT2D eigenvalue weighted by atomic mass is 10.2. The highest BCUT2D eigenvalue weighted by atomic mass is 32.2. The molecule has 3 aromatic rings. The Morgan fingerprint density at radius 3 is 2.55 bits per heavy atom. The number of rotatable bonds is 3. The number of fused-ring (bicyclic) bond motifs is 1. The van der Waals surface area contributed by atoms with Crippen molar-refractivity contribution in [2.24, 2.45) is 0 Å². The molecule has 0 saturated carbocycles. The third kappa shape index (κ3) is 2.60. The second kappa shape index (κ2) is 5.51. The molecule has 0 fully saturated rings. The third-order valence-electron chi connectivity index (χ3n) is 3.03. The molecule has 1 aromatic heterocycles. The van der Waals surface area contributed by atoms with Gasteiger partial charge in [0.1, 0.15) is 12.1 Å². The maximum atomic E-state index is 5.89. The molecule has 4 heteroatoms. The summed E-state index contributed by atoms with van der Waals surface area (Å²) in [7, 11) is 0. The van der Waals surface area contributed by atoms with Gasteiger partial charge in [0.05, 0.1) is 10.9 Å². The van der Waals surface area contributed by atoms with Crippen molar-refractivity contribution in [3.63, 3.8) is 0 Å².